The molecule has 0 bridgehead atoms. The van der Waals surface area contributed by atoms with Crippen LogP contribution in [0, 0.1) is 16.0 Å². The van der Waals surface area contributed by atoms with Crippen LogP contribution in [0.2, 0.25) is 0 Å². The predicted octanol–water partition coefficient (Wildman–Crippen LogP) is 3.52. The lowest BCUT2D eigenvalue weighted by Gasteiger charge is -2.17. The summed E-state index contributed by atoms with van der Waals surface area (Å²) in [6, 6.07) is 10.8. The molecule has 0 radical (unpaired) electrons. The van der Waals surface area contributed by atoms with Crippen molar-refractivity contribution in [2.45, 2.75) is 30.7 Å². The highest BCUT2D eigenvalue weighted by Crippen LogP contribution is 2.32. The minimum Gasteiger partial charge on any atom is -0.373 e. The van der Waals surface area contributed by atoms with Crippen molar-refractivity contribution in [2.24, 2.45) is 5.92 Å². The Balaban J connectivity index is 1.75. The molecular weight excluding hydrogens is 382 g/mol. The summed E-state index contributed by atoms with van der Waals surface area (Å²) in [6.07, 6.45) is 2.87. The molecule has 148 valence electrons. The van der Waals surface area contributed by atoms with Crippen molar-refractivity contribution in [2.75, 3.05) is 16.9 Å². The Morgan fingerprint density at radius 1 is 1.18 bits per heavy atom. The Morgan fingerprint density at radius 2 is 1.82 bits per heavy atom. The maximum Gasteiger partial charge on any atom is 0.293 e. The lowest BCUT2D eigenvalue weighted by atomic mass is 10.1. The van der Waals surface area contributed by atoms with Crippen LogP contribution in [-0.2, 0) is 14.6 Å². The van der Waals surface area contributed by atoms with E-state index in [4.69, 9.17) is 0 Å². The van der Waals surface area contributed by atoms with Crippen LogP contribution in [0.5, 0.6) is 0 Å². The predicted molar refractivity (Wildman–Crippen MR) is 106 cm³/mol. The highest BCUT2D eigenvalue weighted by molar-refractivity contribution is 7.90. The zero-order valence-corrected chi connectivity index (χ0v) is 16.3. The number of nitro groups is 1. The third-order valence-corrected chi connectivity index (χ3v) is 5.70. The summed E-state index contributed by atoms with van der Waals surface area (Å²) in [4.78, 5) is 22.4. The molecule has 3 rings (SSSR count). The number of carbonyl (C=O) groups excluding carboxylic acids is 1. The number of nitro benzene ring substituents is 1. The maximum atomic E-state index is 11.8. The van der Waals surface area contributed by atoms with E-state index in [1.807, 2.05) is 19.1 Å². The van der Waals surface area contributed by atoms with Gasteiger partial charge in [-0.1, -0.05) is 12.1 Å². The van der Waals surface area contributed by atoms with Crippen LogP contribution in [0.3, 0.4) is 0 Å². The van der Waals surface area contributed by atoms with Crippen LogP contribution < -0.4 is 10.6 Å². The first kappa shape index (κ1) is 19.8. The van der Waals surface area contributed by atoms with Gasteiger partial charge in [0.2, 0.25) is 5.91 Å². The van der Waals surface area contributed by atoms with E-state index in [0.29, 0.717) is 5.69 Å². The van der Waals surface area contributed by atoms with Crippen molar-refractivity contribution in [1.82, 2.24) is 0 Å². The van der Waals surface area contributed by atoms with Crippen molar-refractivity contribution in [3.05, 3.63) is 58.1 Å². The molecule has 1 aliphatic rings. The molecule has 2 N–H and O–H groups in total. The second-order valence-electron chi connectivity index (χ2n) is 6.96. The molecule has 0 heterocycles. The average Bonchev–Trinajstić information content (AvgIpc) is 3.46. The first-order valence-electron chi connectivity index (χ1n) is 8.81. The van der Waals surface area contributed by atoms with Gasteiger partial charge in [-0.3, -0.25) is 14.9 Å². The Hall–Kier alpha value is -2.94. The van der Waals surface area contributed by atoms with Gasteiger partial charge in [-0.15, -0.1) is 0 Å². The zero-order chi connectivity index (χ0) is 20.5. The van der Waals surface area contributed by atoms with Crippen molar-refractivity contribution >= 4 is 32.8 Å². The van der Waals surface area contributed by atoms with Gasteiger partial charge in [0.25, 0.3) is 5.69 Å². The van der Waals surface area contributed by atoms with E-state index in [2.05, 4.69) is 10.6 Å². The highest BCUT2D eigenvalue weighted by atomic mass is 32.2. The molecule has 28 heavy (non-hydrogen) atoms. The molecule has 0 saturated heterocycles. The number of amides is 1. The van der Waals surface area contributed by atoms with Gasteiger partial charge in [0.1, 0.15) is 5.69 Å². The lowest BCUT2D eigenvalue weighted by molar-refractivity contribution is -0.384. The van der Waals surface area contributed by atoms with Crippen LogP contribution in [0.15, 0.2) is 47.4 Å². The SMILES string of the molecule is CC(Nc1ccc(S(C)(=O)=O)cc1[N+](=O)[O-])c1ccc(NC(=O)C2CC2)cc1. The van der Waals surface area contributed by atoms with Crippen molar-refractivity contribution < 1.29 is 18.1 Å². The molecule has 0 spiro atoms. The fourth-order valence-corrected chi connectivity index (χ4v) is 3.42. The van der Waals surface area contributed by atoms with E-state index in [1.165, 1.54) is 12.1 Å². The van der Waals surface area contributed by atoms with Gasteiger partial charge in [-0.25, -0.2) is 8.42 Å². The number of sulfone groups is 1. The highest BCUT2D eigenvalue weighted by Gasteiger charge is 2.29. The molecule has 9 heteroatoms. The molecule has 0 aromatic heterocycles. The van der Waals surface area contributed by atoms with Crippen LogP contribution >= 0.6 is 0 Å². The number of anilines is 2. The smallest absolute Gasteiger partial charge is 0.293 e. The van der Waals surface area contributed by atoms with Gasteiger partial charge in [-0.2, -0.15) is 0 Å². The second kappa shape index (κ2) is 7.59. The summed E-state index contributed by atoms with van der Waals surface area (Å²) in [5.74, 6) is 0.149. The summed E-state index contributed by atoms with van der Waals surface area (Å²) in [5.41, 5.74) is 1.50. The van der Waals surface area contributed by atoms with E-state index in [1.54, 1.807) is 12.1 Å². The summed E-state index contributed by atoms with van der Waals surface area (Å²) in [5, 5.41) is 17.3. The monoisotopic (exact) mass is 403 g/mol. The van der Waals surface area contributed by atoms with Gasteiger partial charge in [0.05, 0.1) is 9.82 Å². The number of hydrogen-bond donors (Lipinski definition) is 2. The molecular formula is C19H21N3O5S. The fraction of sp³-hybridized carbons (Fsp3) is 0.316. The third kappa shape index (κ3) is 4.66. The van der Waals surface area contributed by atoms with Crippen LogP contribution in [0.25, 0.3) is 0 Å². The summed E-state index contributed by atoms with van der Waals surface area (Å²) >= 11 is 0. The Bertz CT molecular complexity index is 1010. The van der Waals surface area contributed by atoms with Gasteiger partial charge in [0, 0.05) is 30.0 Å². The number of nitrogens with one attached hydrogen (secondary N) is 2. The summed E-state index contributed by atoms with van der Waals surface area (Å²) in [6.45, 7) is 1.84. The third-order valence-electron chi connectivity index (χ3n) is 4.59. The largest absolute Gasteiger partial charge is 0.373 e. The van der Waals surface area contributed by atoms with Crippen LogP contribution in [0.1, 0.15) is 31.4 Å². The Labute approximate surface area is 163 Å². The van der Waals surface area contributed by atoms with E-state index < -0.39 is 14.8 Å². The van der Waals surface area contributed by atoms with Crippen LogP contribution in [0.4, 0.5) is 17.1 Å². The second-order valence-corrected chi connectivity index (χ2v) is 8.98. The van der Waals surface area contributed by atoms with Crippen molar-refractivity contribution in [3.8, 4) is 0 Å². The first-order valence-corrected chi connectivity index (χ1v) is 10.7. The maximum absolute atomic E-state index is 11.8. The molecule has 2 aromatic carbocycles. The van der Waals surface area contributed by atoms with Crippen LogP contribution in [-0.4, -0.2) is 25.5 Å². The van der Waals surface area contributed by atoms with Gasteiger partial charge in [-0.05, 0) is 49.6 Å². The average molecular weight is 403 g/mol. The van der Waals surface area contributed by atoms with Gasteiger partial charge < -0.3 is 10.6 Å². The Morgan fingerprint density at radius 3 is 2.36 bits per heavy atom. The topological polar surface area (TPSA) is 118 Å². The van der Waals surface area contributed by atoms with E-state index in [-0.39, 0.29) is 34.1 Å². The number of carbonyl (C=O) groups is 1. The van der Waals surface area contributed by atoms with Gasteiger partial charge >= 0.3 is 0 Å². The molecule has 0 aliphatic heterocycles. The van der Waals surface area contributed by atoms with Crippen molar-refractivity contribution in [3.63, 3.8) is 0 Å². The number of benzene rings is 2. The van der Waals surface area contributed by atoms with E-state index in [0.717, 1.165) is 30.7 Å². The Kier molecular flexibility index (Phi) is 5.37. The normalized spacial score (nSPS) is 14.9. The summed E-state index contributed by atoms with van der Waals surface area (Å²) in [7, 11) is -3.54. The minimum atomic E-state index is -3.54. The molecule has 1 unspecified atom stereocenters. The number of hydrogen-bond acceptors (Lipinski definition) is 6. The van der Waals surface area contributed by atoms with E-state index >= 15 is 0 Å². The molecule has 1 fully saturated rings. The number of rotatable bonds is 7. The molecule has 1 atom stereocenters. The quantitative estimate of drug-likeness (QED) is 0.539. The molecule has 1 saturated carbocycles. The summed E-state index contributed by atoms with van der Waals surface area (Å²) < 4.78 is 23.3. The molecule has 1 aliphatic carbocycles. The minimum absolute atomic E-state index is 0.0283. The molecule has 1 amide bonds. The zero-order valence-electron chi connectivity index (χ0n) is 15.5. The van der Waals surface area contributed by atoms with Gasteiger partial charge in [0.15, 0.2) is 9.84 Å². The molecule has 8 nitrogen and oxygen atoms in total. The fourth-order valence-electron chi connectivity index (χ4n) is 2.78. The number of nitrogens with zero attached hydrogens (tertiary/aromatic N) is 1. The molecule has 2 aromatic rings. The van der Waals surface area contributed by atoms with Crippen molar-refractivity contribution in [1.29, 1.82) is 0 Å². The first-order chi connectivity index (χ1) is 13.1. The van der Waals surface area contributed by atoms with E-state index in [9.17, 15) is 23.3 Å². The lowest BCUT2D eigenvalue weighted by Crippen LogP contribution is -2.13. The standard InChI is InChI=1S/C19H21N3O5S/c1-12(13-5-7-15(8-6-13)21-19(23)14-3-4-14)20-17-10-9-16(28(2,26)27)11-18(17)22(24)25/h5-12,14,20H,3-4H2,1-2H3,(H,21,23).